The van der Waals surface area contributed by atoms with Crippen LogP contribution in [0.15, 0.2) is 11.8 Å². The molecule has 0 saturated heterocycles. The molecule has 4 nitrogen and oxygen atoms in total. The third kappa shape index (κ3) is 1.43. The molecule has 0 aromatic carbocycles. The number of ketones is 1. The van der Waals surface area contributed by atoms with Gasteiger partial charge in [0.1, 0.15) is 5.41 Å². The minimum atomic E-state index is -1.21. The Hall–Kier alpha value is -1.32. The number of hydrogen-bond acceptors (Lipinski definition) is 4. The number of hydrogen-bond donors (Lipinski definition) is 1. The summed E-state index contributed by atoms with van der Waals surface area (Å²) in [7, 11) is 0. The monoisotopic (exact) mass is 184 g/mol. The largest absolute Gasteiger partial charge is 0.505 e. The van der Waals surface area contributed by atoms with E-state index in [4.69, 9.17) is 9.84 Å². The number of carbonyl (C=O) groups excluding carboxylic acids is 2. The smallest absolute Gasteiger partial charge is 0.320 e. The van der Waals surface area contributed by atoms with Crippen LogP contribution in [0.2, 0.25) is 0 Å². The molecule has 1 aliphatic rings. The molecule has 0 amide bonds. The van der Waals surface area contributed by atoms with Crippen molar-refractivity contribution in [1.82, 2.24) is 0 Å². The maximum absolute atomic E-state index is 11.3. The zero-order valence-electron chi connectivity index (χ0n) is 7.66. The molecule has 4 heteroatoms. The molecule has 72 valence electrons. The van der Waals surface area contributed by atoms with Crippen molar-refractivity contribution in [2.75, 3.05) is 6.61 Å². The van der Waals surface area contributed by atoms with Gasteiger partial charge in [0.25, 0.3) is 0 Å². The van der Waals surface area contributed by atoms with Gasteiger partial charge in [-0.1, -0.05) is 0 Å². The number of Topliss-reactive ketones (excluding diaryl/α,β-unsaturated/α-hetero) is 1. The van der Waals surface area contributed by atoms with Crippen LogP contribution in [0.4, 0.5) is 0 Å². The van der Waals surface area contributed by atoms with Crippen LogP contribution in [0.25, 0.3) is 0 Å². The molecule has 0 aliphatic heterocycles. The first-order valence-corrected chi connectivity index (χ1v) is 4.13. The lowest BCUT2D eigenvalue weighted by molar-refractivity contribution is -0.157. The first-order valence-electron chi connectivity index (χ1n) is 4.13. The summed E-state index contributed by atoms with van der Waals surface area (Å²) in [6, 6.07) is 0. The molecule has 0 aromatic rings. The molecule has 1 atom stereocenters. The summed E-state index contributed by atoms with van der Waals surface area (Å²) in [5, 5.41) is 9.05. The SMILES string of the molecule is CCOC(=O)C1(C)CC=C(O)C1=O. The second-order valence-electron chi connectivity index (χ2n) is 3.18. The predicted molar refractivity (Wildman–Crippen MR) is 45.1 cm³/mol. The van der Waals surface area contributed by atoms with Crippen molar-refractivity contribution in [1.29, 1.82) is 0 Å². The van der Waals surface area contributed by atoms with E-state index in [2.05, 4.69) is 0 Å². The van der Waals surface area contributed by atoms with Gasteiger partial charge in [-0.15, -0.1) is 0 Å². The Morgan fingerprint density at radius 1 is 1.77 bits per heavy atom. The maximum Gasteiger partial charge on any atom is 0.320 e. The Labute approximate surface area is 76.2 Å². The van der Waals surface area contributed by atoms with E-state index < -0.39 is 17.2 Å². The zero-order chi connectivity index (χ0) is 10.1. The van der Waals surface area contributed by atoms with Crippen LogP contribution in [0.3, 0.4) is 0 Å². The number of aliphatic hydroxyl groups excluding tert-OH is 1. The number of aliphatic hydroxyl groups is 1. The van der Waals surface area contributed by atoms with E-state index in [1.54, 1.807) is 6.92 Å². The molecule has 0 saturated carbocycles. The molecule has 1 unspecified atom stereocenters. The van der Waals surface area contributed by atoms with Crippen molar-refractivity contribution in [2.24, 2.45) is 5.41 Å². The molecule has 0 fully saturated rings. The number of allylic oxidation sites excluding steroid dienone is 2. The third-order valence-electron chi connectivity index (χ3n) is 2.16. The summed E-state index contributed by atoms with van der Waals surface area (Å²) >= 11 is 0. The van der Waals surface area contributed by atoms with Crippen molar-refractivity contribution in [3.63, 3.8) is 0 Å². The molecule has 0 heterocycles. The summed E-state index contributed by atoms with van der Waals surface area (Å²) in [5.74, 6) is -1.46. The Morgan fingerprint density at radius 2 is 2.38 bits per heavy atom. The van der Waals surface area contributed by atoms with Gasteiger partial charge < -0.3 is 9.84 Å². The maximum atomic E-state index is 11.3. The summed E-state index contributed by atoms with van der Waals surface area (Å²) < 4.78 is 4.74. The quantitative estimate of drug-likeness (QED) is 0.513. The van der Waals surface area contributed by atoms with Crippen molar-refractivity contribution in [3.05, 3.63) is 11.8 Å². The van der Waals surface area contributed by atoms with Gasteiger partial charge in [0, 0.05) is 0 Å². The Morgan fingerprint density at radius 3 is 2.77 bits per heavy atom. The number of rotatable bonds is 2. The molecule has 13 heavy (non-hydrogen) atoms. The standard InChI is InChI=1S/C9H12O4/c1-3-13-8(12)9(2)5-4-6(10)7(9)11/h4,10H,3,5H2,1-2H3. The molecular formula is C9H12O4. The summed E-state index contributed by atoms with van der Waals surface area (Å²) in [4.78, 5) is 22.7. The lowest BCUT2D eigenvalue weighted by Gasteiger charge is -2.18. The van der Waals surface area contributed by atoms with Crippen LogP contribution in [0.1, 0.15) is 20.3 Å². The first kappa shape index (κ1) is 9.77. The Balaban J connectivity index is 2.81. The van der Waals surface area contributed by atoms with Crippen LogP contribution >= 0.6 is 0 Å². The third-order valence-corrected chi connectivity index (χ3v) is 2.16. The van der Waals surface area contributed by atoms with Crippen LogP contribution in [-0.2, 0) is 14.3 Å². The van der Waals surface area contributed by atoms with Gasteiger partial charge in [0.05, 0.1) is 6.61 Å². The Bertz CT molecular complexity index is 279. The molecule has 0 spiro atoms. The number of esters is 1. The van der Waals surface area contributed by atoms with Gasteiger partial charge >= 0.3 is 5.97 Å². The van der Waals surface area contributed by atoms with E-state index in [1.807, 2.05) is 0 Å². The predicted octanol–water partition coefficient (Wildman–Crippen LogP) is 0.970. The topological polar surface area (TPSA) is 63.6 Å². The van der Waals surface area contributed by atoms with Crippen LogP contribution in [0.5, 0.6) is 0 Å². The fourth-order valence-corrected chi connectivity index (χ4v) is 1.24. The van der Waals surface area contributed by atoms with E-state index in [-0.39, 0.29) is 18.8 Å². The lowest BCUT2D eigenvalue weighted by atomic mass is 9.87. The second-order valence-corrected chi connectivity index (χ2v) is 3.18. The number of ether oxygens (including phenoxy) is 1. The highest BCUT2D eigenvalue weighted by Crippen LogP contribution is 2.33. The highest BCUT2D eigenvalue weighted by atomic mass is 16.5. The van der Waals surface area contributed by atoms with Gasteiger partial charge in [-0.05, 0) is 26.3 Å². The molecule has 1 aliphatic carbocycles. The summed E-state index contributed by atoms with van der Waals surface area (Å²) in [6.45, 7) is 3.39. The van der Waals surface area contributed by atoms with E-state index in [0.717, 1.165) is 0 Å². The fraction of sp³-hybridized carbons (Fsp3) is 0.556. The van der Waals surface area contributed by atoms with Crippen LogP contribution in [-0.4, -0.2) is 23.5 Å². The van der Waals surface area contributed by atoms with E-state index >= 15 is 0 Å². The van der Waals surface area contributed by atoms with Gasteiger partial charge in [0.15, 0.2) is 5.76 Å². The van der Waals surface area contributed by atoms with E-state index in [0.29, 0.717) is 0 Å². The minimum absolute atomic E-state index is 0.219. The number of carbonyl (C=O) groups is 2. The first-order chi connectivity index (χ1) is 6.02. The normalized spacial score (nSPS) is 27.2. The van der Waals surface area contributed by atoms with Gasteiger partial charge in [-0.3, -0.25) is 9.59 Å². The summed E-state index contributed by atoms with van der Waals surface area (Å²) in [6.07, 6.45) is 1.57. The molecule has 0 aromatic heterocycles. The molecule has 1 N–H and O–H groups in total. The molecule has 1 rings (SSSR count). The zero-order valence-corrected chi connectivity index (χ0v) is 7.66. The minimum Gasteiger partial charge on any atom is -0.505 e. The van der Waals surface area contributed by atoms with Crippen molar-refractivity contribution >= 4 is 11.8 Å². The molecule has 0 radical (unpaired) electrons. The summed E-state index contributed by atoms with van der Waals surface area (Å²) in [5.41, 5.74) is -1.21. The second kappa shape index (κ2) is 3.20. The van der Waals surface area contributed by atoms with Crippen LogP contribution < -0.4 is 0 Å². The van der Waals surface area contributed by atoms with Gasteiger partial charge in [-0.25, -0.2) is 0 Å². The fourth-order valence-electron chi connectivity index (χ4n) is 1.24. The highest BCUT2D eigenvalue weighted by Gasteiger charge is 2.47. The van der Waals surface area contributed by atoms with Crippen molar-refractivity contribution in [2.45, 2.75) is 20.3 Å². The van der Waals surface area contributed by atoms with Gasteiger partial charge in [-0.2, -0.15) is 0 Å². The average molecular weight is 184 g/mol. The van der Waals surface area contributed by atoms with E-state index in [9.17, 15) is 9.59 Å². The molecule has 0 bridgehead atoms. The average Bonchev–Trinajstić information content (AvgIpc) is 2.35. The van der Waals surface area contributed by atoms with Crippen molar-refractivity contribution in [3.8, 4) is 0 Å². The highest BCUT2D eigenvalue weighted by molar-refractivity contribution is 6.12. The van der Waals surface area contributed by atoms with E-state index in [1.165, 1.54) is 13.0 Å². The van der Waals surface area contributed by atoms with Gasteiger partial charge in [0.2, 0.25) is 5.78 Å². The van der Waals surface area contributed by atoms with Crippen molar-refractivity contribution < 1.29 is 19.4 Å². The molecular weight excluding hydrogens is 172 g/mol. The Kier molecular flexibility index (Phi) is 2.40. The lowest BCUT2D eigenvalue weighted by Crippen LogP contribution is -2.35. The van der Waals surface area contributed by atoms with Crippen LogP contribution in [0, 0.1) is 5.41 Å².